The van der Waals surface area contributed by atoms with Gasteiger partial charge in [-0.15, -0.1) is 0 Å². The van der Waals surface area contributed by atoms with Gasteiger partial charge in [0, 0.05) is 9.69 Å². The molecule has 0 atom stereocenters. The number of hydrogen-bond acceptors (Lipinski definition) is 4. The van der Waals surface area contributed by atoms with Gasteiger partial charge in [0.2, 0.25) is 5.88 Å². The van der Waals surface area contributed by atoms with Crippen LogP contribution in [0.25, 0.3) is 5.57 Å². The van der Waals surface area contributed by atoms with Crippen molar-refractivity contribution in [3.63, 3.8) is 0 Å². The summed E-state index contributed by atoms with van der Waals surface area (Å²) in [6, 6.07) is 14.7. The smallest absolute Gasteiger partial charge is 0.310 e. The first-order chi connectivity index (χ1) is 12.0. The Balaban J connectivity index is 1.90. The van der Waals surface area contributed by atoms with Gasteiger partial charge in [0.05, 0.1) is 17.5 Å². The molecule has 0 radical (unpaired) electrons. The molecule has 0 fully saturated rings. The zero-order valence-electron chi connectivity index (χ0n) is 12.8. The summed E-state index contributed by atoms with van der Waals surface area (Å²) in [6.45, 7) is 0.242. The van der Waals surface area contributed by atoms with Crippen LogP contribution in [0, 0.1) is 0 Å². The summed E-state index contributed by atoms with van der Waals surface area (Å²) in [7, 11) is 0. The van der Waals surface area contributed by atoms with Gasteiger partial charge in [-0.2, -0.15) is 0 Å². The van der Waals surface area contributed by atoms with Gasteiger partial charge in [-0.05, 0) is 23.8 Å². The Hall–Kier alpha value is -2.51. The third-order valence-corrected chi connectivity index (χ3v) is 5.42. The van der Waals surface area contributed by atoms with Crippen LogP contribution in [0.3, 0.4) is 0 Å². The topological polar surface area (TPSA) is 71.7 Å². The number of carbonyl (C=O) groups is 1. The lowest BCUT2D eigenvalue weighted by Gasteiger charge is -2.04. The Bertz CT molecular complexity index is 1180. The summed E-state index contributed by atoms with van der Waals surface area (Å²) in [4.78, 5) is 28.6. The number of fused-ring (bicyclic) bond motifs is 1. The predicted octanol–water partition coefficient (Wildman–Crippen LogP) is 1.79. The first-order valence-corrected chi connectivity index (χ1v) is 9.05. The lowest BCUT2D eigenvalue weighted by molar-refractivity contribution is -0.112. The van der Waals surface area contributed by atoms with Gasteiger partial charge >= 0.3 is 4.87 Å². The molecule has 2 heterocycles. The molecular formula is C18H11BrN2O3S. The Labute approximate surface area is 154 Å². The average molecular weight is 415 g/mol. The fraction of sp³-hybridized carbons (Fsp3) is 0.0556. The summed E-state index contributed by atoms with van der Waals surface area (Å²) < 4.78 is 2.06. The van der Waals surface area contributed by atoms with E-state index in [0.717, 1.165) is 21.4 Å². The zero-order chi connectivity index (χ0) is 17.6. The lowest BCUT2D eigenvalue weighted by Crippen LogP contribution is -2.22. The first-order valence-electron chi connectivity index (χ1n) is 7.44. The van der Waals surface area contributed by atoms with Crippen LogP contribution in [-0.2, 0) is 11.3 Å². The fourth-order valence-electron chi connectivity index (χ4n) is 2.77. The van der Waals surface area contributed by atoms with E-state index in [0.29, 0.717) is 10.6 Å². The number of thiazole rings is 1. The quantitative estimate of drug-likeness (QED) is 0.709. The van der Waals surface area contributed by atoms with Gasteiger partial charge in [0.15, 0.2) is 0 Å². The van der Waals surface area contributed by atoms with Gasteiger partial charge < -0.3 is 5.11 Å². The molecule has 0 saturated carbocycles. The molecule has 2 aromatic carbocycles. The number of amides is 1. The van der Waals surface area contributed by atoms with E-state index in [-0.39, 0.29) is 27.7 Å². The van der Waals surface area contributed by atoms with Gasteiger partial charge in [0.1, 0.15) is 4.88 Å². The molecule has 4 rings (SSSR count). The van der Waals surface area contributed by atoms with Crippen molar-refractivity contribution < 1.29 is 9.90 Å². The Morgan fingerprint density at radius 2 is 1.88 bits per heavy atom. The van der Waals surface area contributed by atoms with E-state index in [2.05, 4.69) is 20.9 Å². The number of hydrogen-bond donors (Lipinski definition) is 1. The van der Waals surface area contributed by atoms with E-state index in [9.17, 15) is 14.7 Å². The third-order valence-electron chi connectivity index (χ3n) is 3.94. The summed E-state index contributed by atoms with van der Waals surface area (Å²) in [5, 5.41) is 11.7. The molecule has 0 aliphatic carbocycles. The molecule has 7 heteroatoms. The van der Waals surface area contributed by atoms with E-state index in [1.165, 1.54) is 4.57 Å². The van der Waals surface area contributed by atoms with E-state index in [1.54, 1.807) is 18.2 Å². The maximum absolute atomic E-state index is 12.4. The molecule has 124 valence electrons. The molecule has 0 unspecified atom stereocenters. The number of aromatic hydroxyl groups is 1. The highest BCUT2D eigenvalue weighted by Gasteiger charge is 2.26. The lowest BCUT2D eigenvalue weighted by atomic mass is 10.1. The number of halogens is 1. The Morgan fingerprint density at radius 1 is 1.12 bits per heavy atom. The molecule has 1 aliphatic rings. The van der Waals surface area contributed by atoms with Crippen molar-refractivity contribution in [2.45, 2.75) is 6.54 Å². The van der Waals surface area contributed by atoms with Crippen LogP contribution < -0.4 is 15.4 Å². The van der Waals surface area contributed by atoms with Crippen molar-refractivity contribution in [3.05, 3.63) is 83.7 Å². The minimum Gasteiger partial charge on any atom is -0.493 e. The number of rotatable bonds is 3. The Kier molecular flexibility index (Phi) is 3.89. The van der Waals surface area contributed by atoms with Crippen LogP contribution in [0.2, 0.25) is 0 Å². The van der Waals surface area contributed by atoms with E-state index in [4.69, 9.17) is 0 Å². The van der Waals surface area contributed by atoms with Crippen LogP contribution in [0.4, 0.5) is 0 Å². The SMILES string of the molecule is O=C1N=c2ccc(Br)cc2=C1c1sc(=O)n(Cc2ccccc2)c1O. The minimum atomic E-state index is -0.448. The Morgan fingerprint density at radius 3 is 2.64 bits per heavy atom. The van der Waals surface area contributed by atoms with Crippen LogP contribution in [-0.4, -0.2) is 15.6 Å². The standard InChI is InChI=1S/C18H11BrN2O3S/c19-11-6-7-13-12(8-11)14(16(22)20-13)15-17(23)21(18(24)25-15)9-10-4-2-1-3-5-10/h1-8,23H,9H2. The predicted molar refractivity (Wildman–Crippen MR) is 98.2 cm³/mol. The molecule has 0 spiro atoms. The molecule has 1 amide bonds. The number of nitrogens with zero attached hydrogens (tertiary/aromatic N) is 2. The number of aromatic nitrogens is 1. The van der Waals surface area contributed by atoms with Crippen molar-refractivity contribution in [2.75, 3.05) is 0 Å². The molecule has 1 aromatic heterocycles. The van der Waals surface area contributed by atoms with E-state index < -0.39 is 5.91 Å². The summed E-state index contributed by atoms with van der Waals surface area (Å²) in [5.74, 6) is -0.651. The highest BCUT2D eigenvalue weighted by atomic mass is 79.9. The normalized spacial score (nSPS) is 13.0. The van der Waals surface area contributed by atoms with Crippen molar-refractivity contribution in [1.29, 1.82) is 0 Å². The highest BCUT2D eigenvalue weighted by molar-refractivity contribution is 9.10. The number of carbonyl (C=O) groups excluding carboxylic acids is 1. The van der Waals surface area contributed by atoms with Gasteiger partial charge in [0.25, 0.3) is 5.91 Å². The third kappa shape index (κ3) is 2.75. The van der Waals surface area contributed by atoms with Crippen molar-refractivity contribution >= 4 is 38.7 Å². The monoisotopic (exact) mass is 414 g/mol. The maximum atomic E-state index is 12.4. The fourth-order valence-corrected chi connectivity index (χ4v) is 4.07. The first kappa shape index (κ1) is 16.0. The van der Waals surface area contributed by atoms with Crippen molar-refractivity contribution in [2.24, 2.45) is 4.99 Å². The summed E-state index contributed by atoms with van der Waals surface area (Å²) >= 11 is 4.23. The second-order valence-corrected chi connectivity index (χ2v) is 7.42. The zero-order valence-corrected chi connectivity index (χ0v) is 15.2. The second kappa shape index (κ2) is 6.09. The van der Waals surface area contributed by atoms with Gasteiger partial charge in [-0.3, -0.25) is 14.2 Å². The van der Waals surface area contributed by atoms with Gasteiger partial charge in [-0.25, -0.2) is 4.99 Å². The minimum absolute atomic E-state index is 0.203. The van der Waals surface area contributed by atoms with E-state index >= 15 is 0 Å². The molecule has 0 bridgehead atoms. The molecule has 1 N–H and O–H groups in total. The maximum Gasteiger partial charge on any atom is 0.310 e. The molecule has 5 nitrogen and oxygen atoms in total. The molecule has 1 aliphatic heterocycles. The summed E-state index contributed by atoms with van der Waals surface area (Å²) in [5.41, 5.74) is 1.16. The van der Waals surface area contributed by atoms with E-state index in [1.807, 2.05) is 30.3 Å². The average Bonchev–Trinajstić information content (AvgIpc) is 3.05. The molecule has 3 aromatic rings. The van der Waals surface area contributed by atoms with Gasteiger partial charge in [-0.1, -0.05) is 57.6 Å². The van der Waals surface area contributed by atoms with Crippen LogP contribution in [0.5, 0.6) is 5.88 Å². The van der Waals surface area contributed by atoms with Crippen LogP contribution in [0.15, 0.2) is 62.8 Å². The molecular weight excluding hydrogens is 404 g/mol. The summed E-state index contributed by atoms with van der Waals surface area (Å²) in [6.07, 6.45) is 0. The molecule has 0 saturated heterocycles. The van der Waals surface area contributed by atoms with Crippen LogP contribution in [0.1, 0.15) is 10.4 Å². The largest absolute Gasteiger partial charge is 0.493 e. The number of benzene rings is 2. The van der Waals surface area contributed by atoms with Crippen molar-refractivity contribution in [3.8, 4) is 5.88 Å². The van der Waals surface area contributed by atoms with Crippen LogP contribution >= 0.6 is 27.3 Å². The highest BCUT2D eigenvalue weighted by Crippen LogP contribution is 2.28. The molecule has 25 heavy (non-hydrogen) atoms. The second-order valence-electron chi connectivity index (χ2n) is 5.55. The van der Waals surface area contributed by atoms with Crippen molar-refractivity contribution in [1.82, 2.24) is 4.57 Å².